The summed E-state index contributed by atoms with van der Waals surface area (Å²) in [6.07, 6.45) is 2.33. The Morgan fingerprint density at radius 1 is 1.05 bits per heavy atom. The second-order valence-corrected chi connectivity index (χ2v) is 6.47. The van der Waals surface area contributed by atoms with Crippen LogP contribution in [0.2, 0.25) is 0 Å². The summed E-state index contributed by atoms with van der Waals surface area (Å²) >= 11 is 1.80. The average Bonchev–Trinajstić information content (AvgIpc) is 3.12. The van der Waals surface area contributed by atoms with Gasteiger partial charge in [0, 0.05) is 16.7 Å². The first-order chi connectivity index (χ1) is 9.84. The van der Waals surface area contributed by atoms with Crippen molar-refractivity contribution in [3.05, 3.63) is 70.6 Å². The van der Waals surface area contributed by atoms with Crippen LogP contribution >= 0.6 is 11.3 Å². The number of thiophene rings is 1. The van der Waals surface area contributed by atoms with Gasteiger partial charge in [0.15, 0.2) is 0 Å². The summed E-state index contributed by atoms with van der Waals surface area (Å²) < 4.78 is 1.35. The Bertz CT molecular complexity index is 759. The fourth-order valence-electron chi connectivity index (χ4n) is 3.46. The first-order valence-corrected chi connectivity index (χ1v) is 8.02. The number of hydrogen-bond donors (Lipinski definition) is 1. The Kier molecular flexibility index (Phi) is 2.86. The molecule has 0 saturated carbocycles. The van der Waals surface area contributed by atoms with E-state index >= 15 is 0 Å². The standard InChI is InChI=1S/C18H17NS/c19-17(15-9-8-12-4-1-2-6-14(12)15)16-7-3-5-13-10-11-20-18(13)16/h1-7,10-11,15,17H,8-9,19H2. The zero-order valence-corrected chi connectivity index (χ0v) is 12.1. The first kappa shape index (κ1) is 12.1. The maximum atomic E-state index is 6.65. The molecule has 0 radical (unpaired) electrons. The van der Waals surface area contributed by atoms with Gasteiger partial charge in [-0.15, -0.1) is 11.3 Å². The van der Waals surface area contributed by atoms with E-state index in [-0.39, 0.29) is 6.04 Å². The largest absolute Gasteiger partial charge is 0.323 e. The van der Waals surface area contributed by atoms with E-state index in [0.29, 0.717) is 5.92 Å². The second kappa shape index (κ2) is 4.72. The average molecular weight is 279 g/mol. The molecule has 1 aliphatic carbocycles. The fraction of sp³-hybridized carbons (Fsp3) is 0.222. The molecule has 0 amide bonds. The maximum absolute atomic E-state index is 6.65. The first-order valence-electron chi connectivity index (χ1n) is 7.14. The number of aryl methyl sites for hydroxylation is 1. The summed E-state index contributed by atoms with van der Waals surface area (Å²) in [4.78, 5) is 0. The summed E-state index contributed by atoms with van der Waals surface area (Å²) in [7, 11) is 0. The molecule has 2 N–H and O–H groups in total. The van der Waals surface area contributed by atoms with Crippen molar-refractivity contribution in [3.63, 3.8) is 0 Å². The lowest BCUT2D eigenvalue weighted by Gasteiger charge is -2.21. The third-order valence-corrected chi connectivity index (χ3v) is 5.46. The Labute approximate surface area is 123 Å². The van der Waals surface area contributed by atoms with E-state index in [1.54, 1.807) is 11.3 Å². The van der Waals surface area contributed by atoms with Gasteiger partial charge >= 0.3 is 0 Å². The van der Waals surface area contributed by atoms with Gasteiger partial charge in [0.05, 0.1) is 0 Å². The normalized spacial score (nSPS) is 19.1. The zero-order chi connectivity index (χ0) is 13.5. The van der Waals surface area contributed by atoms with Crippen LogP contribution in [0.4, 0.5) is 0 Å². The molecular formula is C18H17NS. The molecule has 4 rings (SSSR count). The molecule has 100 valence electrons. The molecule has 1 heterocycles. The highest BCUT2D eigenvalue weighted by atomic mass is 32.1. The van der Waals surface area contributed by atoms with E-state index in [4.69, 9.17) is 5.73 Å². The van der Waals surface area contributed by atoms with Crippen LogP contribution in [0.3, 0.4) is 0 Å². The maximum Gasteiger partial charge on any atom is 0.0390 e. The van der Waals surface area contributed by atoms with Crippen LogP contribution in [0.1, 0.15) is 35.1 Å². The van der Waals surface area contributed by atoms with Crippen molar-refractivity contribution in [1.82, 2.24) is 0 Å². The van der Waals surface area contributed by atoms with Crippen molar-refractivity contribution in [1.29, 1.82) is 0 Å². The molecule has 2 heteroatoms. The number of nitrogens with two attached hydrogens (primary N) is 1. The topological polar surface area (TPSA) is 26.0 Å². The molecule has 1 aromatic heterocycles. The second-order valence-electron chi connectivity index (χ2n) is 5.56. The summed E-state index contributed by atoms with van der Waals surface area (Å²) in [5, 5.41) is 3.47. The van der Waals surface area contributed by atoms with Crippen LogP contribution in [-0.4, -0.2) is 0 Å². The van der Waals surface area contributed by atoms with E-state index in [1.807, 2.05) is 0 Å². The number of benzene rings is 2. The van der Waals surface area contributed by atoms with Gasteiger partial charge in [-0.3, -0.25) is 0 Å². The molecule has 0 spiro atoms. The molecule has 3 aromatic rings. The number of hydrogen-bond acceptors (Lipinski definition) is 2. The lowest BCUT2D eigenvalue weighted by Crippen LogP contribution is -2.18. The molecule has 0 fully saturated rings. The molecule has 0 bridgehead atoms. The molecule has 1 nitrogen and oxygen atoms in total. The third kappa shape index (κ3) is 1.80. The lowest BCUT2D eigenvalue weighted by atomic mass is 9.88. The van der Waals surface area contributed by atoms with E-state index in [2.05, 4.69) is 53.9 Å². The molecule has 2 aromatic carbocycles. The molecule has 0 saturated heterocycles. The van der Waals surface area contributed by atoms with E-state index in [0.717, 1.165) is 6.42 Å². The van der Waals surface area contributed by atoms with Gasteiger partial charge in [0.25, 0.3) is 0 Å². The highest BCUT2D eigenvalue weighted by Crippen LogP contribution is 2.42. The fourth-order valence-corrected chi connectivity index (χ4v) is 4.42. The SMILES string of the molecule is NC(c1cccc2ccsc12)C1CCc2ccccc21. The quantitative estimate of drug-likeness (QED) is 0.727. The van der Waals surface area contributed by atoms with E-state index < -0.39 is 0 Å². The predicted molar refractivity (Wildman–Crippen MR) is 86.3 cm³/mol. The molecule has 2 atom stereocenters. The van der Waals surface area contributed by atoms with Crippen LogP contribution in [0.15, 0.2) is 53.9 Å². The van der Waals surface area contributed by atoms with E-state index in [9.17, 15) is 0 Å². The monoisotopic (exact) mass is 279 g/mol. The molecule has 1 aliphatic rings. The van der Waals surface area contributed by atoms with Crippen LogP contribution in [0.5, 0.6) is 0 Å². The molecule has 0 aliphatic heterocycles. The van der Waals surface area contributed by atoms with Crippen molar-refractivity contribution in [2.24, 2.45) is 5.73 Å². The molecular weight excluding hydrogens is 262 g/mol. The van der Waals surface area contributed by atoms with Crippen molar-refractivity contribution in [2.75, 3.05) is 0 Å². The smallest absolute Gasteiger partial charge is 0.0390 e. The van der Waals surface area contributed by atoms with Crippen LogP contribution in [0, 0.1) is 0 Å². The summed E-state index contributed by atoms with van der Waals surface area (Å²) in [5.74, 6) is 0.457. The van der Waals surface area contributed by atoms with Gasteiger partial charge in [-0.25, -0.2) is 0 Å². The Morgan fingerprint density at radius 2 is 1.95 bits per heavy atom. The summed E-state index contributed by atoms with van der Waals surface area (Å²) in [5.41, 5.74) is 10.9. The Morgan fingerprint density at radius 3 is 2.90 bits per heavy atom. The predicted octanol–water partition coefficient (Wildman–Crippen LogP) is 4.63. The highest BCUT2D eigenvalue weighted by Gasteiger charge is 2.29. The van der Waals surface area contributed by atoms with Gasteiger partial charge in [0.2, 0.25) is 0 Å². The van der Waals surface area contributed by atoms with Crippen LogP contribution in [-0.2, 0) is 6.42 Å². The lowest BCUT2D eigenvalue weighted by molar-refractivity contribution is 0.554. The van der Waals surface area contributed by atoms with Gasteiger partial charge < -0.3 is 5.73 Å². The van der Waals surface area contributed by atoms with E-state index in [1.165, 1.54) is 33.2 Å². The van der Waals surface area contributed by atoms with Crippen LogP contribution in [0.25, 0.3) is 10.1 Å². The van der Waals surface area contributed by atoms with Crippen molar-refractivity contribution < 1.29 is 0 Å². The minimum atomic E-state index is 0.0981. The molecule has 2 unspecified atom stereocenters. The summed E-state index contributed by atoms with van der Waals surface area (Å²) in [6.45, 7) is 0. The van der Waals surface area contributed by atoms with Crippen molar-refractivity contribution in [3.8, 4) is 0 Å². The van der Waals surface area contributed by atoms with Crippen LogP contribution < -0.4 is 5.73 Å². The van der Waals surface area contributed by atoms with Crippen molar-refractivity contribution in [2.45, 2.75) is 24.8 Å². The van der Waals surface area contributed by atoms with Gasteiger partial charge in [-0.05, 0) is 46.4 Å². The highest BCUT2D eigenvalue weighted by molar-refractivity contribution is 7.17. The minimum absolute atomic E-state index is 0.0981. The van der Waals surface area contributed by atoms with Gasteiger partial charge in [0.1, 0.15) is 0 Å². The Hall–Kier alpha value is -1.64. The number of fused-ring (bicyclic) bond motifs is 2. The summed E-state index contributed by atoms with van der Waals surface area (Å²) in [6, 6.07) is 17.5. The third-order valence-electron chi connectivity index (χ3n) is 4.48. The number of rotatable bonds is 2. The zero-order valence-electron chi connectivity index (χ0n) is 11.3. The van der Waals surface area contributed by atoms with Crippen molar-refractivity contribution >= 4 is 21.4 Å². The van der Waals surface area contributed by atoms with Gasteiger partial charge in [-0.2, -0.15) is 0 Å². The molecule has 20 heavy (non-hydrogen) atoms. The van der Waals surface area contributed by atoms with Gasteiger partial charge in [-0.1, -0.05) is 42.5 Å². The Balaban J connectivity index is 1.78. The minimum Gasteiger partial charge on any atom is -0.323 e.